The van der Waals surface area contributed by atoms with Gasteiger partial charge in [-0.15, -0.1) is 0 Å². The fourth-order valence-electron chi connectivity index (χ4n) is 4.63. The Labute approximate surface area is 162 Å². The van der Waals surface area contributed by atoms with Crippen LogP contribution in [0, 0.1) is 6.92 Å². The smallest absolute Gasteiger partial charge is 0.227 e. The number of hydrogen-bond donors (Lipinski definition) is 1. The van der Waals surface area contributed by atoms with Crippen molar-refractivity contribution in [3.63, 3.8) is 0 Å². The third-order valence-corrected chi connectivity index (χ3v) is 6.11. The van der Waals surface area contributed by atoms with Crippen molar-refractivity contribution >= 4 is 5.91 Å². The van der Waals surface area contributed by atoms with E-state index in [4.69, 9.17) is 0 Å². The number of carbonyl (C=O) groups is 1. The normalized spacial score (nSPS) is 20.9. The summed E-state index contributed by atoms with van der Waals surface area (Å²) in [5.41, 5.74) is 5.31. The Morgan fingerprint density at radius 2 is 1.89 bits per heavy atom. The summed E-state index contributed by atoms with van der Waals surface area (Å²) >= 11 is 0. The van der Waals surface area contributed by atoms with Crippen LogP contribution in [0.1, 0.15) is 53.9 Å². The van der Waals surface area contributed by atoms with Crippen molar-refractivity contribution in [2.75, 3.05) is 13.1 Å². The molecule has 1 amide bonds. The van der Waals surface area contributed by atoms with Crippen molar-refractivity contribution in [1.82, 2.24) is 10.2 Å². The molecule has 1 atom stereocenters. The van der Waals surface area contributed by atoms with E-state index in [2.05, 4.69) is 65.7 Å². The van der Waals surface area contributed by atoms with Gasteiger partial charge in [0.2, 0.25) is 5.91 Å². The summed E-state index contributed by atoms with van der Waals surface area (Å²) < 4.78 is 0. The van der Waals surface area contributed by atoms with Crippen LogP contribution in [0.4, 0.5) is 0 Å². The maximum absolute atomic E-state index is 12.9. The number of carbonyl (C=O) groups excluding carboxylic acids is 1. The molecule has 0 radical (unpaired) electrons. The Bertz CT molecular complexity index is 792. The lowest BCUT2D eigenvalue weighted by Crippen LogP contribution is -2.46. The number of likely N-dealkylation sites (tertiary alicyclic amines) is 1. The van der Waals surface area contributed by atoms with Crippen LogP contribution in [0.3, 0.4) is 0 Å². The van der Waals surface area contributed by atoms with Gasteiger partial charge in [-0.3, -0.25) is 9.69 Å². The van der Waals surface area contributed by atoms with Crippen LogP contribution in [-0.2, 0) is 17.8 Å². The van der Waals surface area contributed by atoms with E-state index in [1.165, 1.54) is 22.3 Å². The minimum atomic E-state index is 0.0419. The van der Waals surface area contributed by atoms with Gasteiger partial charge in [0.15, 0.2) is 0 Å². The van der Waals surface area contributed by atoms with E-state index in [0.717, 1.165) is 51.7 Å². The lowest BCUT2D eigenvalue weighted by Gasteiger charge is -2.34. The molecular formula is C24H30N2O. The van der Waals surface area contributed by atoms with Gasteiger partial charge in [-0.25, -0.2) is 0 Å². The summed E-state index contributed by atoms with van der Waals surface area (Å²) in [6.07, 6.45) is 5.30. The Balaban J connectivity index is 1.30. The van der Waals surface area contributed by atoms with E-state index in [-0.39, 0.29) is 11.8 Å². The molecule has 1 saturated heterocycles. The van der Waals surface area contributed by atoms with Crippen LogP contribution < -0.4 is 5.32 Å². The first-order valence-electron chi connectivity index (χ1n) is 10.3. The summed E-state index contributed by atoms with van der Waals surface area (Å²) in [6, 6.07) is 17.6. The molecule has 0 unspecified atom stereocenters. The molecule has 142 valence electrons. The number of fused-ring (bicyclic) bond motifs is 1. The molecular weight excluding hydrogens is 332 g/mol. The molecule has 1 fully saturated rings. The van der Waals surface area contributed by atoms with Gasteiger partial charge in [-0.1, -0.05) is 54.1 Å². The van der Waals surface area contributed by atoms with Crippen molar-refractivity contribution in [1.29, 1.82) is 0 Å². The van der Waals surface area contributed by atoms with E-state index >= 15 is 0 Å². The zero-order chi connectivity index (χ0) is 18.6. The molecule has 0 saturated carbocycles. The molecule has 2 aromatic carbocycles. The van der Waals surface area contributed by atoms with Gasteiger partial charge in [0.25, 0.3) is 0 Å². The van der Waals surface area contributed by atoms with Crippen molar-refractivity contribution in [3.8, 4) is 0 Å². The van der Waals surface area contributed by atoms with Gasteiger partial charge >= 0.3 is 0 Å². The van der Waals surface area contributed by atoms with Crippen molar-refractivity contribution in [2.24, 2.45) is 0 Å². The Morgan fingerprint density at radius 1 is 1.07 bits per heavy atom. The third-order valence-electron chi connectivity index (χ3n) is 6.11. The number of aryl methyl sites for hydroxylation is 2. The van der Waals surface area contributed by atoms with Crippen LogP contribution in [0.5, 0.6) is 0 Å². The molecule has 2 aromatic rings. The number of piperidine rings is 1. The number of nitrogens with one attached hydrogen (secondary N) is 1. The Morgan fingerprint density at radius 3 is 2.70 bits per heavy atom. The molecule has 1 aliphatic heterocycles. The highest BCUT2D eigenvalue weighted by Crippen LogP contribution is 2.31. The van der Waals surface area contributed by atoms with Gasteiger partial charge < -0.3 is 5.32 Å². The second-order valence-electron chi connectivity index (χ2n) is 8.19. The van der Waals surface area contributed by atoms with Crippen LogP contribution in [0.15, 0.2) is 48.5 Å². The highest BCUT2D eigenvalue weighted by Gasteiger charge is 2.28. The second kappa shape index (κ2) is 8.26. The van der Waals surface area contributed by atoms with E-state index in [1.54, 1.807) is 0 Å². The van der Waals surface area contributed by atoms with E-state index in [9.17, 15) is 4.79 Å². The molecule has 4 rings (SSSR count). The fraction of sp³-hybridized carbons (Fsp3) is 0.458. The number of rotatable bonds is 4. The highest BCUT2D eigenvalue weighted by molar-refractivity contribution is 5.84. The predicted molar refractivity (Wildman–Crippen MR) is 110 cm³/mol. The summed E-state index contributed by atoms with van der Waals surface area (Å²) in [4.78, 5) is 15.4. The van der Waals surface area contributed by atoms with Crippen LogP contribution in [0.25, 0.3) is 0 Å². The fourth-order valence-corrected chi connectivity index (χ4v) is 4.63. The molecule has 3 heteroatoms. The van der Waals surface area contributed by atoms with Crippen LogP contribution in [-0.4, -0.2) is 29.9 Å². The SMILES string of the molecule is Cc1cccc(CN2CCC(NC(=O)[C@@H]3CCCc4ccccc43)CC2)c1. The van der Waals surface area contributed by atoms with Crippen molar-refractivity contribution in [3.05, 3.63) is 70.8 Å². The maximum atomic E-state index is 12.9. The lowest BCUT2D eigenvalue weighted by molar-refractivity contribution is -0.123. The van der Waals surface area contributed by atoms with Gasteiger partial charge in [0.05, 0.1) is 5.92 Å². The van der Waals surface area contributed by atoms with Crippen molar-refractivity contribution in [2.45, 2.75) is 57.5 Å². The van der Waals surface area contributed by atoms with Crippen LogP contribution >= 0.6 is 0 Å². The Kier molecular flexibility index (Phi) is 5.58. The van der Waals surface area contributed by atoms with Gasteiger partial charge in [0.1, 0.15) is 0 Å². The second-order valence-corrected chi connectivity index (χ2v) is 8.19. The monoisotopic (exact) mass is 362 g/mol. The topological polar surface area (TPSA) is 32.3 Å². The summed E-state index contributed by atoms with van der Waals surface area (Å²) in [6.45, 7) is 5.27. The average molecular weight is 363 g/mol. The zero-order valence-corrected chi connectivity index (χ0v) is 16.3. The molecule has 1 aliphatic carbocycles. The summed E-state index contributed by atoms with van der Waals surface area (Å²) in [7, 11) is 0. The van der Waals surface area contributed by atoms with Crippen LogP contribution in [0.2, 0.25) is 0 Å². The first-order valence-corrected chi connectivity index (χ1v) is 10.3. The average Bonchev–Trinajstić information content (AvgIpc) is 2.69. The first kappa shape index (κ1) is 18.2. The molecule has 2 aliphatic rings. The highest BCUT2D eigenvalue weighted by atomic mass is 16.1. The van der Waals surface area contributed by atoms with E-state index < -0.39 is 0 Å². The standard InChI is InChI=1S/C24H30N2O/c1-18-6-4-7-19(16-18)17-26-14-12-21(13-15-26)25-24(27)23-11-5-9-20-8-2-3-10-22(20)23/h2-4,6-8,10,16,21,23H,5,9,11-15,17H2,1H3,(H,25,27)/t23-/m1/s1. The molecule has 3 nitrogen and oxygen atoms in total. The quantitative estimate of drug-likeness (QED) is 0.884. The maximum Gasteiger partial charge on any atom is 0.227 e. The van der Waals surface area contributed by atoms with Gasteiger partial charge in [-0.05, 0) is 55.7 Å². The predicted octanol–water partition coefficient (Wildman–Crippen LogP) is 4.20. The minimum Gasteiger partial charge on any atom is -0.353 e. The molecule has 1 N–H and O–H groups in total. The first-order chi connectivity index (χ1) is 13.2. The molecule has 27 heavy (non-hydrogen) atoms. The van der Waals surface area contributed by atoms with Gasteiger partial charge in [-0.2, -0.15) is 0 Å². The molecule has 0 bridgehead atoms. The molecule has 0 spiro atoms. The van der Waals surface area contributed by atoms with E-state index in [1.807, 2.05) is 0 Å². The zero-order valence-electron chi connectivity index (χ0n) is 16.3. The largest absolute Gasteiger partial charge is 0.353 e. The van der Waals surface area contributed by atoms with Gasteiger partial charge in [0, 0.05) is 25.7 Å². The number of nitrogens with zero attached hydrogens (tertiary/aromatic N) is 1. The van der Waals surface area contributed by atoms with Crippen molar-refractivity contribution < 1.29 is 4.79 Å². The Hall–Kier alpha value is -2.13. The summed E-state index contributed by atoms with van der Waals surface area (Å²) in [5.74, 6) is 0.277. The molecule has 1 heterocycles. The molecule has 0 aromatic heterocycles. The third kappa shape index (κ3) is 4.41. The minimum absolute atomic E-state index is 0.0419. The number of hydrogen-bond acceptors (Lipinski definition) is 2. The number of amides is 1. The summed E-state index contributed by atoms with van der Waals surface area (Å²) in [5, 5.41) is 3.36. The number of benzene rings is 2. The lowest BCUT2D eigenvalue weighted by atomic mass is 9.82. The van der Waals surface area contributed by atoms with E-state index in [0.29, 0.717) is 6.04 Å².